The first-order valence-corrected chi connectivity index (χ1v) is 7.29. The lowest BCUT2D eigenvalue weighted by Gasteiger charge is -2.41. The third kappa shape index (κ3) is 2.36. The number of hydrogen-bond donors (Lipinski definition) is 0. The topological polar surface area (TPSA) is 39.9 Å². The maximum absolute atomic E-state index is 12.5. The van der Waals surface area contributed by atoms with Crippen LogP contribution >= 0.6 is 0 Å². The summed E-state index contributed by atoms with van der Waals surface area (Å²) in [5.74, 6) is 1.19. The Bertz CT molecular complexity index is 471. The van der Waals surface area contributed by atoms with E-state index in [-0.39, 0.29) is 11.9 Å². The molecule has 2 fully saturated rings. The largest absolute Gasteiger partial charge is 0.468 e. The number of amides is 1. The predicted octanol–water partition coefficient (Wildman–Crippen LogP) is 1.01. The lowest BCUT2D eigenvalue weighted by atomic mass is 10.1. The van der Waals surface area contributed by atoms with E-state index in [4.69, 9.17) is 4.42 Å². The number of rotatable bonds is 3. The van der Waals surface area contributed by atoms with Crippen molar-refractivity contribution in [2.45, 2.75) is 38.0 Å². The average Bonchev–Trinajstić information content (AvgIpc) is 3.04. The van der Waals surface area contributed by atoms with Crippen LogP contribution in [0, 0.1) is 0 Å². The number of carbonyl (C=O) groups is 1. The highest BCUT2D eigenvalue weighted by Gasteiger charge is 2.44. The molecule has 0 aliphatic carbocycles. The van der Waals surface area contributed by atoms with Crippen LogP contribution in [0.3, 0.4) is 0 Å². The maximum atomic E-state index is 12.5. The monoisotopic (exact) mass is 277 g/mol. The van der Waals surface area contributed by atoms with Gasteiger partial charge in [0.15, 0.2) is 0 Å². The molecule has 20 heavy (non-hydrogen) atoms. The van der Waals surface area contributed by atoms with E-state index >= 15 is 0 Å². The zero-order valence-electron chi connectivity index (χ0n) is 12.5. The lowest BCUT2D eigenvalue weighted by molar-refractivity contribution is -0.143. The molecule has 3 rings (SSSR count). The Hall–Kier alpha value is -1.33. The molecule has 0 N–H and O–H groups in total. The Balaban J connectivity index is 1.72. The van der Waals surface area contributed by atoms with Crippen molar-refractivity contribution in [2.75, 3.05) is 27.2 Å². The van der Waals surface area contributed by atoms with Crippen LogP contribution in [-0.2, 0) is 11.3 Å². The maximum Gasteiger partial charge on any atom is 0.240 e. The fourth-order valence-corrected chi connectivity index (χ4v) is 3.34. The minimum Gasteiger partial charge on any atom is -0.468 e. The first kappa shape index (κ1) is 13.6. The van der Waals surface area contributed by atoms with Gasteiger partial charge in [0, 0.05) is 25.2 Å². The van der Waals surface area contributed by atoms with Gasteiger partial charge in [-0.2, -0.15) is 0 Å². The molecule has 110 valence electrons. The second kappa shape index (κ2) is 5.22. The van der Waals surface area contributed by atoms with E-state index in [2.05, 4.69) is 28.8 Å². The quantitative estimate of drug-likeness (QED) is 0.827. The van der Waals surface area contributed by atoms with Crippen LogP contribution < -0.4 is 0 Å². The first-order valence-electron chi connectivity index (χ1n) is 7.29. The molecule has 2 aliphatic rings. The minimum atomic E-state index is -0.0581. The van der Waals surface area contributed by atoms with E-state index in [0.29, 0.717) is 12.1 Å². The third-order valence-corrected chi connectivity index (χ3v) is 4.70. The summed E-state index contributed by atoms with van der Waals surface area (Å²) in [4.78, 5) is 19.1. The fourth-order valence-electron chi connectivity index (χ4n) is 3.34. The summed E-state index contributed by atoms with van der Waals surface area (Å²) in [6.07, 6.45) is 2.76. The molecule has 1 amide bonds. The molecule has 5 nitrogen and oxygen atoms in total. The molecule has 0 unspecified atom stereocenters. The van der Waals surface area contributed by atoms with Crippen molar-refractivity contribution in [3.05, 3.63) is 24.2 Å². The van der Waals surface area contributed by atoms with Gasteiger partial charge in [0.25, 0.3) is 0 Å². The van der Waals surface area contributed by atoms with Gasteiger partial charge in [0.05, 0.1) is 18.8 Å². The van der Waals surface area contributed by atoms with Gasteiger partial charge in [-0.15, -0.1) is 0 Å². The second-order valence-corrected chi connectivity index (χ2v) is 6.18. The van der Waals surface area contributed by atoms with E-state index in [9.17, 15) is 4.79 Å². The van der Waals surface area contributed by atoms with Crippen molar-refractivity contribution in [3.8, 4) is 0 Å². The molecule has 1 aromatic heterocycles. The SMILES string of the molecule is C[C@H]1C(=O)N2C[C@@H](N(C)C)C[C@H]2CN1Cc1ccco1. The van der Waals surface area contributed by atoms with Gasteiger partial charge < -0.3 is 14.2 Å². The number of hydrogen-bond acceptors (Lipinski definition) is 4. The molecule has 3 heterocycles. The van der Waals surface area contributed by atoms with E-state index in [1.807, 2.05) is 19.1 Å². The van der Waals surface area contributed by atoms with Crippen LogP contribution in [0.15, 0.2) is 22.8 Å². The van der Waals surface area contributed by atoms with Gasteiger partial charge >= 0.3 is 0 Å². The van der Waals surface area contributed by atoms with E-state index in [1.54, 1.807) is 6.26 Å². The average molecular weight is 277 g/mol. The van der Waals surface area contributed by atoms with Gasteiger partial charge in [0.1, 0.15) is 5.76 Å². The molecule has 3 atom stereocenters. The number of piperazine rings is 1. The Morgan fingerprint density at radius 2 is 2.20 bits per heavy atom. The van der Waals surface area contributed by atoms with Crippen molar-refractivity contribution in [1.29, 1.82) is 0 Å². The summed E-state index contributed by atoms with van der Waals surface area (Å²) in [6.45, 7) is 4.54. The van der Waals surface area contributed by atoms with Gasteiger partial charge in [-0.25, -0.2) is 0 Å². The zero-order chi connectivity index (χ0) is 14.3. The van der Waals surface area contributed by atoms with Crippen LogP contribution in [0.2, 0.25) is 0 Å². The highest BCUT2D eigenvalue weighted by atomic mass is 16.3. The molecular weight excluding hydrogens is 254 g/mol. The molecule has 0 bridgehead atoms. The summed E-state index contributed by atoms with van der Waals surface area (Å²) >= 11 is 0. The van der Waals surface area contributed by atoms with Crippen molar-refractivity contribution < 1.29 is 9.21 Å². The van der Waals surface area contributed by atoms with Gasteiger partial charge in [-0.3, -0.25) is 9.69 Å². The molecule has 0 spiro atoms. The van der Waals surface area contributed by atoms with Crippen molar-refractivity contribution in [1.82, 2.24) is 14.7 Å². The Morgan fingerprint density at radius 3 is 2.85 bits per heavy atom. The normalized spacial score (nSPS) is 31.1. The molecule has 5 heteroatoms. The van der Waals surface area contributed by atoms with E-state index in [1.165, 1.54) is 0 Å². The number of carbonyl (C=O) groups excluding carboxylic acids is 1. The van der Waals surface area contributed by atoms with Crippen LogP contribution in [0.25, 0.3) is 0 Å². The minimum absolute atomic E-state index is 0.0581. The van der Waals surface area contributed by atoms with Crippen molar-refractivity contribution in [3.63, 3.8) is 0 Å². The summed E-state index contributed by atoms with van der Waals surface area (Å²) in [7, 11) is 4.19. The smallest absolute Gasteiger partial charge is 0.240 e. The number of fused-ring (bicyclic) bond motifs is 1. The van der Waals surface area contributed by atoms with Crippen LogP contribution in [0.5, 0.6) is 0 Å². The number of likely N-dealkylation sites (N-methyl/N-ethyl adjacent to an activating group) is 1. The summed E-state index contributed by atoms with van der Waals surface area (Å²) in [6, 6.07) is 4.65. The first-order chi connectivity index (χ1) is 9.56. The molecule has 0 aromatic carbocycles. The van der Waals surface area contributed by atoms with Gasteiger partial charge in [0.2, 0.25) is 5.91 Å². The van der Waals surface area contributed by atoms with Crippen molar-refractivity contribution >= 4 is 5.91 Å². The van der Waals surface area contributed by atoms with E-state index < -0.39 is 0 Å². The molecular formula is C15H23N3O2. The Kier molecular flexibility index (Phi) is 3.56. The van der Waals surface area contributed by atoms with Gasteiger partial charge in [-0.05, 0) is 39.6 Å². The highest BCUT2D eigenvalue weighted by molar-refractivity contribution is 5.83. The molecule has 2 saturated heterocycles. The zero-order valence-corrected chi connectivity index (χ0v) is 12.5. The highest BCUT2D eigenvalue weighted by Crippen LogP contribution is 2.28. The number of nitrogens with zero attached hydrogens (tertiary/aromatic N) is 3. The van der Waals surface area contributed by atoms with E-state index in [0.717, 1.165) is 31.8 Å². The standard InChI is InChI=1S/C15H23N3O2/c1-11-15(19)18-9-12(16(2)3)7-13(18)8-17(11)10-14-5-4-6-20-14/h4-6,11-13H,7-10H2,1-3H3/t11-,12-,13-/m0/s1. The fraction of sp³-hybridized carbons (Fsp3) is 0.667. The van der Waals surface area contributed by atoms with Crippen LogP contribution in [-0.4, -0.2) is 65.9 Å². The predicted molar refractivity (Wildman–Crippen MR) is 76.2 cm³/mol. The lowest BCUT2D eigenvalue weighted by Crippen LogP contribution is -2.58. The Labute approximate surface area is 120 Å². The Morgan fingerprint density at radius 1 is 1.40 bits per heavy atom. The molecule has 2 aliphatic heterocycles. The molecule has 0 saturated carbocycles. The molecule has 1 aromatic rings. The van der Waals surface area contributed by atoms with Crippen LogP contribution in [0.1, 0.15) is 19.1 Å². The second-order valence-electron chi connectivity index (χ2n) is 6.18. The third-order valence-electron chi connectivity index (χ3n) is 4.70. The van der Waals surface area contributed by atoms with Crippen molar-refractivity contribution in [2.24, 2.45) is 0 Å². The summed E-state index contributed by atoms with van der Waals surface area (Å²) < 4.78 is 5.42. The number of furan rings is 1. The summed E-state index contributed by atoms with van der Waals surface area (Å²) in [5, 5.41) is 0. The summed E-state index contributed by atoms with van der Waals surface area (Å²) in [5.41, 5.74) is 0. The van der Waals surface area contributed by atoms with Gasteiger partial charge in [-0.1, -0.05) is 0 Å². The van der Waals surface area contributed by atoms with Crippen LogP contribution in [0.4, 0.5) is 0 Å². The molecule has 0 radical (unpaired) electrons.